The van der Waals surface area contributed by atoms with Crippen LogP contribution in [0.5, 0.6) is 5.75 Å². The average Bonchev–Trinajstić information content (AvgIpc) is 3.00. The van der Waals surface area contributed by atoms with Crippen molar-refractivity contribution in [3.63, 3.8) is 0 Å². The van der Waals surface area contributed by atoms with E-state index in [1.165, 1.54) is 4.90 Å². The van der Waals surface area contributed by atoms with Gasteiger partial charge in [0, 0.05) is 18.7 Å². The van der Waals surface area contributed by atoms with Crippen LogP contribution in [0.4, 0.5) is 5.69 Å². The van der Waals surface area contributed by atoms with Crippen molar-refractivity contribution in [3.05, 3.63) is 64.9 Å². The van der Waals surface area contributed by atoms with Gasteiger partial charge in [-0.15, -0.1) is 0 Å². The molecule has 5 nitrogen and oxygen atoms in total. The van der Waals surface area contributed by atoms with Gasteiger partial charge in [-0.1, -0.05) is 31.2 Å². The summed E-state index contributed by atoms with van der Waals surface area (Å²) in [5.41, 5.74) is 4.38. The fourth-order valence-corrected chi connectivity index (χ4v) is 4.24. The maximum absolute atomic E-state index is 13.7. The zero-order valence-electron chi connectivity index (χ0n) is 18.1. The molecule has 156 valence electrons. The summed E-state index contributed by atoms with van der Waals surface area (Å²) in [4.78, 5) is 30.7. The van der Waals surface area contributed by atoms with Crippen LogP contribution in [0.1, 0.15) is 36.5 Å². The molecule has 0 N–H and O–H groups in total. The number of rotatable bonds is 4. The zero-order chi connectivity index (χ0) is 21.4. The number of piperidine rings is 1. The summed E-state index contributed by atoms with van der Waals surface area (Å²) < 4.78 is 5.54. The van der Waals surface area contributed by atoms with Gasteiger partial charge in [0.25, 0.3) is 11.8 Å². The summed E-state index contributed by atoms with van der Waals surface area (Å²) in [5.74, 6) is 0.679. The average molecular weight is 405 g/mol. The molecule has 2 aromatic rings. The lowest BCUT2D eigenvalue weighted by Crippen LogP contribution is -2.38. The molecule has 30 heavy (non-hydrogen) atoms. The van der Waals surface area contributed by atoms with Crippen LogP contribution in [0.3, 0.4) is 0 Å². The molecule has 0 saturated carbocycles. The zero-order valence-corrected chi connectivity index (χ0v) is 18.1. The van der Waals surface area contributed by atoms with Gasteiger partial charge in [0.15, 0.2) is 0 Å². The Balaban J connectivity index is 1.85. The minimum atomic E-state index is -0.290. The second-order valence-electron chi connectivity index (χ2n) is 8.31. The third kappa shape index (κ3) is 3.38. The molecule has 1 fully saturated rings. The van der Waals surface area contributed by atoms with Gasteiger partial charge in [0.2, 0.25) is 0 Å². The molecule has 2 amide bonds. The Kier molecular flexibility index (Phi) is 5.37. The lowest BCUT2D eigenvalue weighted by molar-refractivity contribution is -0.120. The number of methoxy groups -OCH3 is 1. The summed E-state index contributed by atoms with van der Waals surface area (Å²) in [6.07, 6.45) is 2.02. The van der Waals surface area contributed by atoms with Crippen LogP contribution in [0.2, 0.25) is 0 Å². The van der Waals surface area contributed by atoms with E-state index in [0.717, 1.165) is 37.1 Å². The number of likely N-dealkylation sites (tertiary alicyclic amines) is 1. The van der Waals surface area contributed by atoms with Crippen LogP contribution in [0.25, 0.3) is 5.57 Å². The Bertz CT molecular complexity index is 1030. The number of nitrogens with zero attached hydrogens (tertiary/aromatic N) is 2. The van der Waals surface area contributed by atoms with Crippen molar-refractivity contribution in [2.24, 2.45) is 5.92 Å². The molecule has 0 radical (unpaired) electrons. The van der Waals surface area contributed by atoms with E-state index in [4.69, 9.17) is 4.74 Å². The van der Waals surface area contributed by atoms with Crippen LogP contribution in [-0.4, -0.2) is 36.9 Å². The largest absolute Gasteiger partial charge is 0.496 e. The number of imide groups is 1. The van der Waals surface area contributed by atoms with E-state index < -0.39 is 0 Å². The van der Waals surface area contributed by atoms with Gasteiger partial charge in [-0.3, -0.25) is 9.59 Å². The van der Waals surface area contributed by atoms with Gasteiger partial charge in [-0.05, 0) is 61.9 Å². The van der Waals surface area contributed by atoms with Gasteiger partial charge >= 0.3 is 0 Å². The molecule has 0 bridgehead atoms. The van der Waals surface area contributed by atoms with Gasteiger partial charge < -0.3 is 9.64 Å². The maximum atomic E-state index is 13.7. The molecule has 0 unspecified atom stereocenters. The van der Waals surface area contributed by atoms with Crippen molar-refractivity contribution in [1.82, 2.24) is 4.90 Å². The number of carbonyl (C=O) groups excluding carboxylic acids is 2. The predicted molar refractivity (Wildman–Crippen MR) is 118 cm³/mol. The lowest BCUT2D eigenvalue weighted by Gasteiger charge is -2.32. The SMILES string of the molecule is COc1ccccc1C1=C(N2CCC(C)CC2)C(=O)N(c2ccc(C)c(C)c2)C1=O. The van der Waals surface area contributed by atoms with Crippen molar-refractivity contribution in [2.75, 3.05) is 25.1 Å². The number of anilines is 1. The number of amides is 2. The van der Waals surface area contributed by atoms with Crippen molar-refractivity contribution in [3.8, 4) is 5.75 Å². The number of hydrogen-bond acceptors (Lipinski definition) is 4. The molecule has 2 aromatic carbocycles. The molecule has 2 aliphatic rings. The fraction of sp³-hybridized carbons (Fsp3) is 0.360. The Labute approximate surface area is 177 Å². The molecule has 2 heterocycles. The van der Waals surface area contributed by atoms with Crippen LogP contribution < -0.4 is 9.64 Å². The molecule has 2 aliphatic heterocycles. The Morgan fingerprint density at radius 2 is 1.63 bits per heavy atom. The van der Waals surface area contributed by atoms with Crippen LogP contribution in [0.15, 0.2) is 48.2 Å². The molecule has 0 aliphatic carbocycles. The maximum Gasteiger partial charge on any atom is 0.282 e. The molecule has 0 atom stereocenters. The molecular weight excluding hydrogens is 376 g/mol. The Morgan fingerprint density at radius 3 is 2.30 bits per heavy atom. The standard InChI is InChI=1S/C25H28N2O3/c1-16-11-13-26(14-12-16)23-22(20-7-5-6-8-21(20)30-4)24(28)27(25(23)29)19-10-9-17(2)18(3)15-19/h5-10,15-16H,11-14H2,1-4H3. The number of ether oxygens (including phenoxy) is 1. The summed E-state index contributed by atoms with van der Waals surface area (Å²) >= 11 is 0. The number of benzene rings is 2. The van der Waals surface area contributed by atoms with Crippen molar-refractivity contribution >= 4 is 23.1 Å². The fourth-order valence-electron chi connectivity index (χ4n) is 4.24. The highest BCUT2D eigenvalue weighted by atomic mass is 16.5. The van der Waals surface area contributed by atoms with E-state index in [9.17, 15) is 9.59 Å². The molecule has 4 rings (SSSR count). The minimum Gasteiger partial charge on any atom is -0.496 e. The first-order valence-electron chi connectivity index (χ1n) is 10.5. The van der Waals surface area contributed by atoms with E-state index >= 15 is 0 Å². The van der Waals surface area contributed by atoms with Crippen molar-refractivity contribution in [2.45, 2.75) is 33.6 Å². The second kappa shape index (κ2) is 7.98. The van der Waals surface area contributed by atoms with Gasteiger partial charge in [0.1, 0.15) is 11.4 Å². The third-order valence-corrected chi connectivity index (χ3v) is 6.28. The third-order valence-electron chi connectivity index (χ3n) is 6.28. The second-order valence-corrected chi connectivity index (χ2v) is 8.31. The minimum absolute atomic E-state index is 0.251. The number of aryl methyl sites for hydroxylation is 2. The lowest BCUT2D eigenvalue weighted by atomic mass is 9.97. The van der Waals surface area contributed by atoms with Gasteiger partial charge in [-0.25, -0.2) is 4.90 Å². The van der Waals surface area contributed by atoms with Crippen LogP contribution in [0, 0.1) is 19.8 Å². The summed E-state index contributed by atoms with van der Waals surface area (Å²) in [6, 6.07) is 13.1. The van der Waals surface area contributed by atoms with E-state index in [0.29, 0.717) is 34.2 Å². The van der Waals surface area contributed by atoms with Crippen LogP contribution >= 0.6 is 0 Å². The van der Waals surface area contributed by atoms with Gasteiger partial charge in [0.05, 0.1) is 18.4 Å². The van der Waals surface area contributed by atoms with Crippen molar-refractivity contribution < 1.29 is 14.3 Å². The first kappa shape index (κ1) is 20.2. The molecule has 5 heteroatoms. The first-order chi connectivity index (χ1) is 14.4. The highest BCUT2D eigenvalue weighted by Gasteiger charge is 2.43. The monoisotopic (exact) mass is 404 g/mol. The highest BCUT2D eigenvalue weighted by Crippen LogP contribution is 2.39. The highest BCUT2D eigenvalue weighted by molar-refractivity contribution is 6.45. The topological polar surface area (TPSA) is 49.9 Å². The van der Waals surface area contributed by atoms with E-state index in [1.54, 1.807) is 7.11 Å². The number of hydrogen-bond donors (Lipinski definition) is 0. The first-order valence-corrected chi connectivity index (χ1v) is 10.5. The molecule has 0 aromatic heterocycles. The summed E-state index contributed by atoms with van der Waals surface area (Å²) in [7, 11) is 1.59. The molecule has 0 spiro atoms. The number of para-hydroxylation sites is 1. The summed E-state index contributed by atoms with van der Waals surface area (Å²) in [5, 5.41) is 0. The van der Waals surface area contributed by atoms with Crippen molar-refractivity contribution in [1.29, 1.82) is 0 Å². The normalized spacial score (nSPS) is 17.9. The smallest absolute Gasteiger partial charge is 0.282 e. The number of carbonyl (C=O) groups is 2. The summed E-state index contributed by atoms with van der Waals surface area (Å²) in [6.45, 7) is 7.79. The quantitative estimate of drug-likeness (QED) is 0.712. The molecular formula is C25H28N2O3. The molecule has 1 saturated heterocycles. The van der Waals surface area contributed by atoms with Gasteiger partial charge in [-0.2, -0.15) is 0 Å². The Hall–Kier alpha value is -3.08. The van der Waals surface area contributed by atoms with Crippen LogP contribution in [-0.2, 0) is 9.59 Å². The van der Waals surface area contributed by atoms with E-state index in [2.05, 4.69) is 11.8 Å². The Morgan fingerprint density at radius 1 is 0.933 bits per heavy atom. The van der Waals surface area contributed by atoms with E-state index in [-0.39, 0.29) is 11.8 Å². The van der Waals surface area contributed by atoms with E-state index in [1.807, 2.05) is 56.3 Å². The predicted octanol–water partition coefficient (Wildman–Crippen LogP) is 4.33.